The summed E-state index contributed by atoms with van der Waals surface area (Å²) in [6.45, 7) is 1.66. The maximum Gasteiger partial charge on any atom is 0.335 e. The Hall–Kier alpha value is -3.02. The van der Waals surface area contributed by atoms with Crippen LogP contribution in [-0.2, 0) is 0 Å². The molecule has 6 heteroatoms. The molecule has 0 unspecified atom stereocenters. The third-order valence-corrected chi connectivity index (χ3v) is 2.98. The maximum atomic E-state index is 12.1. The van der Waals surface area contributed by atoms with Gasteiger partial charge < -0.3 is 20.6 Å². The van der Waals surface area contributed by atoms with Gasteiger partial charge in [0.2, 0.25) is 0 Å². The first-order valence-electron chi connectivity index (χ1n) is 6.06. The molecule has 2 aromatic carbocycles. The molecule has 0 aliphatic heterocycles. The van der Waals surface area contributed by atoms with E-state index < -0.39 is 17.6 Å². The highest BCUT2D eigenvalue weighted by atomic mass is 16.4. The van der Waals surface area contributed by atoms with E-state index in [2.05, 4.69) is 5.32 Å². The zero-order valence-corrected chi connectivity index (χ0v) is 11.1. The average Bonchev–Trinajstić information content (AvgIpc) is 2.43. The Bertz CT molecular complexity index is 724. The third-order valence-electron chi connectivity index (χ3n) is 2.98. The van der Waals surface area contributed by atoms with Crippen molar-refractivity contribution in [1.29, 1.82) is 0 Å². The molecule has 2 rings (SSSR count). The molecule has 0 radical (unpaired) electrons. The van der Waals surface area contributed by atoms with Crippen LogP contribution in [0.15, 0.2) is 36.4 Å². The van der Waals surface area contributed by atoms with Crippen LogP contribution in [0.5, 0.6) is 11.5 Å². The molecule has 1 amide bonds. The van der Waals surface area contributed by atoms with Crippen LogP contribution in [-0.4, -0.2) is 27.2 Å². The minimum Gasteiger partial charge on any atom is -0.504 e. The van der Waals surface area contributed by atoms with Crippen LogP contribution in [0.1, 0.15) is 26.3 Å². The van der Waals surface area contributed by atoms with E-state index in [1.54, 1.807) is 6.92 Å². The van der Waals surface area contributed by atoms with E-state index in [4.69, 9.17) is 5.11 Å². The van der Waals surface area contributed by atoms with Crippen molar-refractivity contribution < 1.29 is 24.9 Å². The second kappa shape index (κ2) is 5.54. The van der Waals surface area contributed by atoms with Gasteiger partial charge in [-0.2, -0.15) is 0 Å². The summed E-state index contributed by atoms with van der Waals surface area (Å²) in [7, 11) is 0. The van der Waals surface area contributed by atoms with Crippen molar-refractivity contribution >= 4 is 17.6 Å². The maximum absolute atomic E-state index is 12.1. The van der Waals surface area contributed by atoms with Gasteiger partial charge in [0.15, 0.2) is 11.5 Å². The van der Waals surface area contributed by atoms with Gasteiger partial charge >= 0.3 is 5.97 Å². The fraction of sp³-hybridized carbons (Fsp3) is 0.0667. The number of aromatic carboxylic acids is 1. The Morgan fingerprint density at radius 1 is 1.10 bits per heavy atom. The molecule has 0 bridgehead atoms. The summed E-state index contributed by atoms with van der Waals surface area (Å²) in [5.41, 5.74) is 1.04. The molecule has 0 atom stereocenters. The van der Waals surface area contributed by atoms with E-state index in [-0.39, 0.29) is 16.9 Å². The van der Waals surface area contributed by atoms with Gasteiger partial charge in [0.1, 0.15) is 0 Å². The molecular weight excluding hydrogens is 274 g/mol. The van der Waals surface area contributed by atoms with E-state index in [0.29, 0.717) is 11.3 Å². The lowest BCUT2D eigenvalue weighted by atomic mass is 10.1. The first-order valence-corrected chi connectivity index (χ1v) is 6.06. The standard InChI is InChI=1S/C15H13NO5/c1-8-7-9(15(20)21)5-6-11(8)16-14(19)10-3-2-4-12(17)13(10)18/h2-7,17-18H,1H3,(H,16,19)(H,20,21). The lowest BCUT2D eigenvalue weighted by Crippen LogP contribution is -2.13. The number of para-hydroxylation sites is 1. The van der Waals surface area contributed by atoms with Crippen molar-refractivity contribution in [3.8, 4) is 11.5 Å². The normalized spacial score (nSPS) is 10.1. The number of hydrogen-bond donors (Lipinski definition) is 4. The Kier molecular flexibility index (Phi) is 3.80. The molecule has 21 heavy (non-hydrogen) atoms. The number of aryl methyl sites for hydroxylation is 1. The number of carbonyl (C=O) groups is 2. The van der Waals surface area contributed by atoms with Crippen LogP contribution in [0.4, 0.5) is 5.69 Å². The molecule has 108 valence electrons. The quantitative estimate of drug-likeness (QED) is 0.648. The fourth-order valence-electron chi connectivity index (χ4n) is 1.84. The van der Waals surface area contributed by atoms with E-state index in [1.807, 2.05) is 0 Å². The molecule has 0 saturated carbocycles. The number of rotatable bonds is 3. The molecule has 0 aliphatic rings. The molecule has 2 aromatic rings. The fourth-order valence-corrected chi connectivity index (χ4v) is 1.84. The van der Waals surface area contributed by atoms with Crippen LogP contribution in [0, 0.1) is 6.92 Å². The highest BCUT2D eigenvalue weighted by Crippen LogP contribution is 2.29. The minimum absolute atomic E-state index is 0.0725. The molecule has 0 heterocycles. The van der Waals surface area contributed by atoms with Gasteiger partial charge in [-0.05, 0) is 42.8 Å². The number of nitrogens with one attached hydrogen (secondary N) is 1. The van der Waals surface area contributed by atoms with Gasteiger partial charge in [-0.25, -0.2) is 4.79 Å². The minimum atomic E-state index is -1.05. The van der Waals surface area contributed by atoms with E-state index in [1.165, 1.54) is 36.4 Å². The summed E-state index contributed by atoms with van der Waals surface area (Å²) in [6, 6.07) is 8.33. The molecule has 0 aromatic heterocycles. The van der Waals surface area contributed by atoms with Crippen LogP contribution in [0.2, 0.25) is 0 Å². The Balaban J connectivity index is 2.28. The van der Waals surface area contributed by atoms with Gasteiger partial charge in [0.25, 0.3) is 5.91 Å². The van der Waals surface area contributed by atoms with Gasteiger partial charge in [-0.15, -0.1) is 0 Å². The zero-order chi connectivity index (χ0) is 15.6. The Labute approximate surface area is 120 Å². The van der Waals surface area contributed by atoms with Crippen LogP contribution >= 0.6 is 0 Å². The van der Waals surface area contributed by atoms with Gasteiger partial charge in [0, 0.05) is 5.69 Å². The first kappa shape index (κ1) is 14.4. The smallest absolute Gasteiger partial charge is 0.335 e. The second-order valence-electron chi connectivity index (χ2n) is 4.46. The van der Waals surface area contributed by atoms with Crippen molar-refractivity contribution in [2.45, 2.75) is 6.92 Å². The van der Waals surface area contributed by atoms with Crippen molar-refractivity contribution in [1.82, 2.24) is 0 Å². The number of anilines is 1. The Morgan fingerprint density at radius 3 is 2.43 bits per heavy atom. The number of benzene rings is 2. The number of carbonyl (C=O) groups excluding carboxylic acids is 1. The number of hydrogen-bond acceptors (Lipinski definition) is 4. The lowest BCUT2D eigenvalue weighted by molar-refractivity contribution is 0.0696. The number of amides is 1. The van der Waals surface area contributed by atoms with Crippen molar-refractivity contribution in [3.05, 3.63) is 53.1 Å². The van der Waals surface area contributed by atoms with Crippen LogP contribution < -0.4 is 5.32 Å². The predicted octanol–water partition coefficient (Wildman–Crippen LogP) is 2.36. The number of aromatic hydroxyl groups is 2. The van der Waals surface area contributed by atoms with Gasteiger partial charge in [-0.1, -0.05) is 6.07 Å². The summed E-state index contributed by atoms with van der Waals surface area (Å²) in [5.74, 6) is -2.55. The number of carboxylic acid groups (broad SMARTS) is 1. The highest BCUT2D eigenvalue weighted by molar-refractivity contribution is 6.07. The number of phenols is 2. The predicted molar refractivity (Wildman–Crippen MR) is 75.9 cm³/mol. The SMILES string of the molecule is Cc1cc(C(=O)O)ccc1NC(=O)c1cccc(O)c1O. The summed E-state index contributed by atoms with van der Waals surface area (Å²) >= 11 is 0. The van der Waals surface area contributed by atoms with Crippen molar-refractivity contribution in [3.63, 3.8) is 0 Å². The second-order valence-corrected chi connectivity index (χ2v) is 4.46. The molecule has 0 aliphatic carbocycles. The molecule has 0 saturated heterocycles. The van der Waals surface area contributed by atoms with E-state index in [9.17, 15) is 19.8 Å². The average molecular weight is 287 g/mol. The summed E-state index contributed by atoms with van der Waals surface area (Å²) < 4.78 is 0. The largest absolute Gasteiger partial charge is 0.504 e. The van der Waals surface area contributed by atoms with E-state index in [0.717, 1.165) is 0 Å². The first-order chi connectivity index (χ1) is 9.90. The molecular formula is C15H13NO5. The monoisotopic (exact) mass is 287 g/mol. The Morgan fingerprint density at radius 2 is 1.81 bits per heavy atom. The zero-order valence-electron chi connectivity index (χ0n) is 11.1. The van der Waals surface area contributed by atoms with Crippen molar-refractivity contribution in [2.75, 3.05) is 5.32 Å². The summed E-state index contributed by atoms with van der Waals surface area (Å²) in [5, 5.41) is 30.5. The van der Waals surface area contributed by atoms with Crippen LogP contribution in [0.25, 0.3) is 0 Å². The van der Waals surface area contributed by atoms with Gasteiger partial charge in [0.05, 0.1) is 11.1 Å². The molecule has 0 spiro atoms. The number of phenolic OH excluding ortho intramolecular Hbond substituents is 2. The topological polar surface area (TPSA) is 107 Å². The number of carboxylic acids is 1. The molecule has 4 N–H and O–H groups in total. The highest BCUT2D eigenvalue weighted by Gasteiger charge is 2.15. The molecule has 6 nitrogen and oxygen atoms in total. The van der Waals surface area contributed by atoms with Gasteiger partial charge in [-0.3, -0.25) is 4.79 Å². The third kappa shape index (κ3) is 2.94. The lowest BCUT2D eigenvalue weighted by Gasteiger charge is -2.10. The van der Waals surface area contributed by atoms with E-state index >= 15 is 0 Å². The van der Waals surface area contributed by atoms with Crippen molar-refractivity contribution in [2.24, 2.45) is 0 Å². The van der Waals surface area contributed by atoms with Crippen LogP contribution in [0.3, 0.4) is 0 Å². The summed E-state index contributed by atoms with van der Waals surface area (Å²) in [4.78, 5) is 22.9. The molecule has 0 fully saturated rings. The summed E-state index contributed by atoms with van der Waals surface area (Å²) in [6.07, 6.45) is 0.